The summed E-state index contributed by atoms with van der Waals surface area (Å²) in [5.41, 5.74) is 0.836. The molecule has 108 valence electrons. The minimum Gasteiger partial charge on any atom is -0.494 e. The summed E-state index contributed by atoms with van der Waals surface area (Å²) in [6.07, 6.45) is 0.715. The van der Waals surface area contributed by atoms with E-state index < -0.39 is 0 Å². The van der Waals surface area contributed by atoms with Crippen LogP contribution in [0.4, 0.5) is 4.39 Å². The van der Waals surface area contributed by atoms with Crippen LogP contribution in [0.25, 0.3) is 0 Å². The molecule has 2 aromatic rings. The average Bonchev–Trinajstić information content (AvgIpc) is 2.92. The maximum Gasteiger partial charge on any atom is 0.226 e. The summed E-state index contributed by atoms with van der Waals surface area (Å²) in [4.78, 5) is 4.20. The summed E-state index contributed by atoms with van der Waals surface area (Å²) in [5.74, 6) is 1.09. The lowest BCUT2D eigenvalue weighted by atomic mass is 10.1. The predicted octanol–water partition coefficient (Wildman–Crippen LogP) is 2.63. The molecular formula is C14H18FN3O2. The van der Waals surface area contributed by atoms with Crippen LogP contribution in [0.1, 0.15) is 37.2 Å². The van der Waals surface area contributed by atoms with Gasteiger partial charge in [-0.05, 0) is 24.6 Å². The molecule has 1 aromatic carbocycles. The Hall–Kier alpha value is -1.95. The number of hydrogen-bond acceptors (Lipinski definition) is 5. The van der Waals surface area contributed by atoms with Crippen LogP contribution < -0.4 is 10.1 Å². The third-order valence-electron chi connectivity index (χ3n) is 3.05. The van der Waals surface area contributed by atoms with Crippen molar-refractivity contribution < 1.29 is 13.7 Å². The summed E-state index contributed by atoms with van der Waals surface area (Å²) in [6.45, 7) is 4.37. The highest BCUT2D eigenvalue weighted by Crippen LogP contribution is 2.21. The van der Waals surface area contributed by atoms with Gasteiger partial charge in [0.1, 0.15) is 0 Å². The van der Waals surface area contributed by atoms with Gasteiger partial charge in [0.2, 0.25) is 5.89 Å². The lowest BCUT2D eigenvalue weighted by molar-refractivity contribution is 0.373. The van der Waals surface area contributed by atoms with Crippen molar-refractivity contribution in [3.8, 4) is 5.75 Å². The molecule has 5 nitrogen and oxygen atoms in total. The average molecular weight is 279 g/mol. The molecule has 0 saturated heterocycles. The second-order valence-electron chi connectivity index (χ2n) is 4.45. The summed E-state index contributed by atoms with van der Waals surface area (Å²) in [7, 11) is 1.45. The highest BCUT2D eigenvalue weighted by atomic mass is 19.1. The second kappa shape index (κ2) is 6.47. The number of nitrogens with one attached hydrogen (secondary N) is 1. The lowest BCUT2D eigenvalue weighted by Gasteiger charge is -2.13. The van der Waals surface area contributed by atoms with Crippen molar-refractivity contribution in [2.24, 2.45) is 0 Å². The van der Waals surface area contributed by atoms with E-state index in [2.05, 4.69) is 15.5 Å². The number of rotatable bonds is 6. The highest BCUT2D eigenvalue weighted by molar-refractivity contribution is 5.30. The van der Waals surface area contributed by atoms with E-state index in [0.29, 0.717) is 24.7 Å². The zero-order valence-electron chi connectivity index (χ0n) is 11.8. The van der Waals surface area contributed by atoms with E-state index in [1.807, 2.05) is 19.9 Å². The van der Waals surface area contributed by atoms with E-state index >= 15 is 0 Å². The molecule has 2 rings (SSSR count). The third-order valence-corrected chi connectivity index (χ3v) is 3.05. The minimum atomic E-state index is -0.369. The number of ether oxygens (including phenoxy) is 1. The predicted molar refractivity (Wildman–Crippen MR) is 71.9 cm³/mol. The van der Waals surface area contributed by atoms with Gasteiger partial charge < -0.3 is 14.6 Å². The van der Waals surface area contributed by atoms with Crippen LogP contribution >= 0.6 is 0 Å². The first-order valence-corrected chi connectivity index (χ1v) is 6.52. The molecule has 0 fully saturated rings. The largest absolute Gasteiger partial charge is 0.494 e. The molecule has 6 heteroatoms. The summed E-state index contributed by atoms with van der Waals surface area (Å²) >= 11 is 0. The van der Waals surface area contributed by atoms with Crippen LogP contribution in [0, 0.1) is 5.82 Å². The fourth-order valence-electron chi connectivity index (χ4n) is 1.82. The third kappa shape index (κ3) is 3.33. The van der Waals surface area contributed by atoms with E-state index in [4.69, 9.17) is 9.26 Å². The normalized spacial score (nSPS) is 12.4. The number of methoxy groups -OCH3 is 1. The van der Waals surface area contributed by atoms with Gasteiger partial charge >= 0.3 is 0 Å². The summed E-state index contributed by atoms with van der Waals surface area (Å²) in [6, 6.07) is 4.88. The van der Waals surface area contributed by atoms with Gasteiger partial charge in [0, 0.05) is 12.5 Å². The molecule has 1 aromatic heterocycles. The van der Waals surface area contributed by atoms with Crippen LogP contribution in [-0.4, -0.2) is 17.3 Å². The Morgan fingerprint density at radius 3 is 2.85 bits per heavy atom. The van der Waals surface area contributed by atoms with E-state index in [0.717, 1.165) is 5.56 Å². The Morgan fingerprint density at radius 2 is 2.25 bits per heavy atom. The van der Waals surface area contributed by atoms with E-state index in [1.54, 1.807) is 6.07 Å². The molecule has 0 saturated carbocycles. The fraction of sp³-hybridized carbons (Fsp3) is 0.429. The number of halogens is 1. The zero-order valence-corrected chi connectivity index (χ0v) is 11.8. The molecule has 20 heavy (non-hydrogen) atoms. The van der Waals surface area contributed by atoms with E-state index in [1.165, 1.54) is 13.2 Å². The van der Waals surface area contributed by atoms with Crippen molar-refractivity contribution in [2.75, 3.05) is 7.11 Å². The highest BCUT2D eigenvalue weighted by Gasteiger charge is 2.11. The fourth-order valence-corrected chi connectivity index (χ4v) is 1.82. The molecule has 0 aliphatic carbocycles. The molecule has 0 aliphatic rings. The van der Waals surface area contributed by atoms with Crippen molar-refractivity contribution in [1.29, 1.82) is 0 Å². The minimum absolute atomic E-state index is 0.0287. The first-order chi connectivity index (χ1) is 9.63. The number of aromatic nitrogens is 2. The first kappa shape index (κ1) is 14.5. The lowest BCUT2D eigenvalue weighted by Crippen LogP contribution is -2.19. The second-order valence-corrected chi connectivity index (χ2v) is 4.45. The molecule has 1 atom stereocenters. The monoisotopic (exact) mass is 279 g/mol. The zero-order chi connectivity index (χ0) is 14.5. The van der Waals surface area contributed by atoms with Gasteiger partial charge in [-0.1, -0.05) is 18.1 Å². The topological polar surface area (TPSA) is 60.2 Å². The first-order valence-electron chi connectivity index (χ1n) is 6.52. The van der Waals surface area contributed by atoms with Crippen LogP contribution in [0.3, 0.4) is 0 Å². The van der Waals surface area contributed by atoms with Crippen LogP contribution in [0.5, 0.6) is 5.75 Å². The SMILES string of the molecule is CCc1nc(CN[C@H](C)c2ccc(OC)c(F)c2)no1. The van der Waals surface area contributed by atoms with Crippen molar-refractivity contribution in [3.05, 3.63) is 41.3 Å². The van der Waals surface area contributed by atoms with Gasteiger partial charge in [-0.25, -0.2) is 4.39 Å². The number of nitrogens with zero attached hydrogens (tertiary/aromatic N) is 2. The Balaban J connectivity index is 1.97. The van der Waals surface area contributed by atoms with Crippen molar-refractivity contribution in [3.63, 3.8) is 0 Å². The molecule has 0 aliphatic heterocycles. The Morgan fingerprint density at radius 1 is 1.45 bits per heavy atom. The van der Waals surface area contributed by atoms with Gasteiger partial charge in [-0.3, -0.25) is 0 Å². The van der Waals surface area contributed by atoms with E-state index in [9.17, 15) is 4.39 Å². The number of aryl methyl sites for hydroxylation is 1. The molecule has 1 heterocycles. The van der Waals surface area contributed by atoms with Gasteiger partial charge in [0.25, 0.3) is 0 Å². The number of hydrogen-bond donors (Lipinski definition) is 1. The number of benzene rings is 1. The molecular weight excluding hydrogens is 261 g/mol. The van der Waals surface area contributed by atoms with Crippen LogP contribution in [0.2, 0.25) is 0 Å². The maximum atomic E-state index is 13.6. The molecule has 1 N–H and O–H groups in total. The molecule has 0 spiro atoms. The molecule has 0 amide bonds. The van der Waals surface area contributed by atoms with Gasteiger partial charge in [0.15, 0.2) is 17.4 Å². The van der Waals surface area contributed by atoms with Crippen molar-refractivity contribution in [2.45, 2.75) is 32.9 Å². The molecule has 0 radical (unpaired) electrons. The van der Waals surface area contributed by atoms with Crippen LogP contribution in [0.15, 0.2) is 22.7 Å². The van der Waals surface area contributed by atoms with E-state index in [-0.39, 0.29) is 17.6 Å². The molecule has 0 unspecified atom stereocenters. The Kier molecular flexibility index (Phi) is 4.68. The van der Waals surface area contributed by atoms with Gasteiger partial charge in [0.05, 0.1) is 13.7 Å². The summed E-state index contributed by atoms with van der Waals surface area (Å²) in [5, 5.41) is 7.08. The smallest absolute Gasteiger partial charge is 0.226 e. The standard InChI is InChI=1S/C14H18FN3O2/c1-4-14-17-13(18-20-14)8-16-9(2)10-5-6-12(19-3)11(15)7-10/h5-7,9,16H,4,8H2,1-3H3/t9-/m1/s1. The van der Waals surface area contributed by atoms with Gasteiger partial charge in [-0.2, -0.15) is 4.98 Å². The van der Waals surface area contributed by atoms with Crippen molar-refractivity contribution >= 4 is 0 Å². The Bertz CT molecular complexity index is 571. The quantitative estimate of drug-likeness (QED) is 0.880. The molecule has 0 bridgehead atoms. The van der Waals surface area contributed by atoms with Gasteiger partial charge in [-0.15, -0.1) is 0 Å². The van der Waals surface area contributed by atoms with Crippen LogP contribution in [-0.2, 0) is 13.0 Å². The Labute approximate surface area is 117 Å². The van der Waals surface area contributed by atoms with Crippen molar-refractivity contribution in [1.82, 2.24) is 15.5 Å². The maximum absolute atomic E-state index is 13.6. The summed E-state index contributed by atoms with van der Waals surface area (Å²) < 4.78 is 23.6.